The zero-order valence-electron chi connectivity index (χ0n) is 18.1. The van der Waals surface area contributed by atoms with Crippen molar-refractivity contribution in [2.45, 2.75) is 45.4 Å². The molecule has 0 amide bonds. The number of nitrogens with two attached hydrogens (primary N) is 1. The molecule has 1 aromatic heterocycles. The summed E-state index contributed by atoms with van der Waals surface area (Å²) in [5.41, 5.74) is 10.8. The van der Waals surface area contributed by atoms with E-state index >= 15 is 0 Å². The number of allylic oxidation sites excluding steroid dienone is 4. The minimum atomic E-state index is -0.464. The number of benzene rings is 1. The second kappa shape index (κ2) is 9.08. The first-order chi connectivity index (χ1) is 14.9. The molecule has 1 aromatic carbocycles. The average Bonchev–Trinajstić information content (AvgIpc) is 3.47. The number of aromatic nitrogens is 2. The lowest BCUT2D eigenvalue weighted by atomic mass is 10.0. The number of aryl methyl sites for hydroxylation is 1. The lowest BCUT2D eigenvalue weighted by Gasteiger charge is -2.35. The van der Waals surface area contributed by atoms with Gasteiger partial charge in [-0.3, -0.25) is 9.58 Å². The highest BCUT2D eigenvalue weighted by molar-refractivity contribution is 5.80. The molecule has 0 radical (unpaired) electrons. The number of aliphatic hydroxyl groups is 1. The molecule has 164 valence electrons. The maximum absolute atomic E-state index is 14.5. The predicted octanol–water partition coefficient (Wildman–Crippen LogP) is 3.87. The zero-order chi connectivity index (χ0) is 22.0. The Hall–Kier alpha value is -2.90. The van der Waals surface area contributed by atoms with Crippen LogP contribution in [-0.4, -0.2) is 39.0 Å². The summed E-state index contributed by atoms with van der Waals surface area (Å²) in [5.74, 6) is -0.464. The van der Waals surface area contributed by atoms with Crippen LogP contribution in [0.2, 0.25) is 0 Å². The number of rotatable bonds is 8. The summed E-state index contributed by atoms with van der Waals surface area (Å²) >= 11 is 0. The molecule has 0 bridgehead atoms. The molecule has 1 aliphatic carbocycles. The Morgan fingerprint density at radius 3 is 2.77 bits per heavy atom. The number of halogens is 1. The van der Waals surface area contributed by atoms with E-state index in [0.29, 0.717) is 11.6 Å². The van der Waals surface area contributed by atoms with E-state index < -0.39 is 5.83 Å². The maximum Gasteiger partial charge on any atom is 0.146 e. The number of nitrogens with zero attached hydrogens (tertiary/aromatic N) is 3. The van der Waals surface area contributed by atoms with E-state index in [1.54, 1.807) is 6.20 Å². The topological polar surface area (TPSA) is 79.3 Å². The van der Waals surface area contributed by atoms with E-state index in [2.05, 4.69) is 34.4 Å². The lowest BCUT2D eigenvalue weighted by Crippen LogP contribution is -2.49. The largest absolute Gasteiger partial charge is 0.402 e. The second-order valence-electron chi connectivity index (χ2n) is 8.49. The average molecular weight is 424 g/mol. The highest BCUT2D eigenvalue weighted by Gasteiger charge is 2.25. The molecule has 2 aliphatic rings. The van der Waals surface area contributed by atoms with Crippen molar-refractivity contribution in [3.05, 3.63) is 77.2 Å². The molecule has 4 N–H and O–H groups in total. The van der Waals surface area contributed by atoms with Gasteiger partial charge in [-0.05, 0) is 55.5 Å². The van der Waals surface area contributed by atoms with Crippen LogP contribution in [0.4, 0.5) is 10.1 Å². The highest BCUT2D eigenvalue weighted by atomic mass is 19.1. The van der Waals surface area contributed by atoms with E-state index in [1.807, 2.05) is 36.1 Å². The fraction of sp³-hybridized carbons (Fsp3) is 0.375. The molecular weight excluding hydrogens is 393 g/mol. The van der Waals surface area contributed by atoms with Crippen LogP contribution in [-0.2, 0) is 6.54 Å². The molecule has 2 aromatic rings. The van der Waals surface area contributed by atoms with E-state index in [1.165, 1.54) is 5.56 Å². The third-order valence-electron chi connectivity index (χ3n) is 5.80. The van der Waals surface area contributed by atoms with Crippen molar-refractivity contribution in [3.8, 4) is 0 Å². The van der Waals surface area contributed by atoms with Gasteiger partial charge in [-0.2, -0.15) is 5.10 Å². The molecule has 1 saturated heterocycles. The van der Waals surface area contributed by atoms with Crippen LogP contribution in [0.1, 0.15) is 42.5 Å². The fourth-order valence-electron chi connectivity index (χ4n) is 3.90. The van der Waals surface area contributed by atoms with Crippen LogP contribution in [0.5, 0.6) is 0 Å². The van der Waals surface area contributed by atoms with Crippen molar-refractivity contribution in [1.82, 2.24) is 14.7 Å². The first-order valence-electron chi connectivity index (χ1n) is 10.7. The van der Waals surface area contributed by atoms with Crippen molar-refractivity contribution in [2.75, 3.05) is 18.4 Å². The van der Waals surface area contributed by atoms with Crippen molar-refractivity contribution in [3.63, 3.8) is 0 Å². The Morgan fingerprint density at radius 2 is 2.13 bits per heavy atom. The number of hydrogen-bond donors (Lipinski definition) is 3. The molecule has 0 spiro atoms. The van der Waals surface area contributed by atoms with Crippen LogP contribution in [0.25, 0.3) is 5.57 Å². The van der Waals surface area contributed by atoms with E-state index in [0.717, 1.165) is 61.1 Å². The molecular formula is C24H30FN5O. The summed E-state index contributed by atoms with van der Waals surface area (Å²) in [5, 5.41) is 17.1. The molecule has 1 aliphatic heterocycles. The molecule has 31 heavy (non-hydrogen) atoms. The van der Waals surface area contributed by atoms with Gasteiger partial charge in [0, 0.05) is 55.1 Å². The number of likely N-dealkylation sites (tertiary alicyclic amines) is 1. The first-order valence-corrected chi connectivity index (χ1v) is 10.7. The molecule has 1 saturated carbocycles. The molecule has 4 rings (SSSR count). The highest BCUT2D eigenvalue weighted by Crippen LogP contribution is 2.36. The molecule has 7 heteroatoms. The van der Waals surface area contributed by atoms with Crippen LogP contribution < -0.4 is 11.1 Å². The molecule has 0 atom stereocenters. The summed E-state index contributed by atoms with van der Waals surface area (Å²) in [6.45, 7) is 6.25. The molecule has 2 fully saturated rings. The Kier molecular flexibility index (Phi) is 6.25. The van der Waals surface area contributed by atoms with Gasteiger partial charge in [0.05, 0.1) is 18.3 Å². The Balaban J connectivity index is 1.45. The summed E-state index contributed by atoms with van der Waals surface area (Å²) in [7, 11) is 0. The zero-order valence-corrected chi connectivity index (χ0v) is 18.1. The first kappa shape index (κ1) is 21.3. The predicted molar refractivity (Wildman–Crippen MR) is 122 cm³/mol. The van der Waals surface area contributed by atoms with Crippen molar-refractivity contribution in [1.29, 1.82) is 0 Å². The van der Waals surface area contributed by atoms with Crippen LogP contribution in [0, 0.1) is 6.92 Å². The molecule has 6 nitrogen and oxygen atoms in total. The van der Waals surface area contributed by atoms with Crippen LogP contribution >= 0.6 is 0 Å². The normalized spacial score (nSPS) is 18.9. The monoisotopic (exact) mass is 423 g/mol. The number of nitrogens with one attached hydrogen (secondary N) is 1. The van der Waals surface area contributed by atoms with Crippen LogP contribution in [0.3, 0.4) is 0 Å². The van der Waals surface area contributed by atoms with Crippen molar-refractivity contribution in [2.24, 2.45) is 5.73 Å². The molecule has 0 unspecified atom stereocenters. The fourth-order valence-corrected chi connectivity index (χ4v) is 3.90. The van der Waals surface area contributed by atoms with Gasteiger partial charge in [0.15, 0.2) is 0 Å². The third kappa shape index (κ3) is 5.06. The van der Waals surface area contributed by atoms with Gasteiger partial charge < -0.3 is 16.2 Å². The van der Waals surface area contributed by atoms with Gasteiger partial charge in [0.25, 0.3) is 0 Å². The SMILES string of the molecule is CC(/C=C/Nc1ccc(CN2CC(O)C2)cc1C)=C(\C(F)=C/N)c1cnn(C2CC2)c1. The van der Waals surface area contributed by atoms with E-state index in [-0.39, 0.29) is 6.10 Å². The van der Waals surface area contributed by atoms with Gasteiger partial charge in [-0.1, -0.05) is 12.1 Å². The number of hydrogen-bond acceptors (Lipinski definition) is 5. The minimum Gasteiger partial charge on any atom is -0.402 e. The summed E-state index contributed by atoms with van der Waals surface area (Å²) in [6, 6.07) is 6.73. The minimum absolute atomic E-state index is 0.185. The van der Waals surface area contributed by atoms with Crippen molar-refractivity contribution < 1.29 is 9.50 Å². The summed E-state index contributed by atoms with van der Waals surface area (Å²) in [6.07, 6.45) is 10.3. The third-order valence-corrected chi connectivity index (χ3v) is 5.80. The van der Waals surface area contributed by atoms with E-state index in [9.17, 15) is 9.50 Å². The van der Waals surface area contributed by atoms with Crippen LogP contribution in [0.15, 0.2) is 60.5 Å². The summed E-state index contributed by atoms with van der Waals surface area (Å²) < 4.78 is 16.4. The Bertz CT molecular complexity index is 1030. The summed E-state index contributed by atoms with van der Waals surface area (Å²) in [4.78, 5) is 2.22. The van der Waals surface area contributed by atoms with Gasteiger partial charge in [-0.15, -0.1) is 0 Å². The second-order valence-corrected chi connectivity index (χ2v) is 8.49. The maximum atomic E-state index is 14.5. The van der Waals surface area contributed by atoms with Gasteiger partial charge >= 0.3 is 0 Å². The van der Waals surface area contributed by atoms with Crippen molar-refractivity contribution >= 4 is 11.3 Å². The Morgan fingerprint density at radius 1 is 1.35 bits per heavy atom. The molecule has 2 heterocycles. The number of anilines is 1. The smallest absolute Gasteiger partial charge is 0.146 e. The van der Waals surface area contributed by atoms with Gasteiger partial charge in [0.2, 0.25) is 0 Å². The lowest BCUT2D eigenvalue weighted by molar-refractivity contribution is -0.00286. The number of aliphatic hydroxyl groups excluding tert-OH is 1. The van der Waals surface area contributed by atoms with E-state index in [4.69, 9.17) is 5.73 Å². The Labute approximate surface area is 182 Å². The quantitative estimate of drug-likeness (QED) is 0.562. The van der Waals surface area contributed by atoms with Gasteiger partial charge in [-0.25, -0.2) is 4.39 Å². The standard InChI is InChI=1S/C24H30FN5O/c1-16(24(22(25)10-26)19-11-28-30(13-19)20-4-5-20)7-8-27-23-6-3-18(9-17(23)2)12-29-14-21(31)15-29/h3,6-11,13,20-21,27,31H,4-5,12,14-15,26H2,1-2H3/b8-7+,22-10+,24-16+. The number of β-amino-alcohol motifs (C(OH)–C–C–N with tert-alkyl or cyclic N) is 1. The van der Waals surface area contributed by atoms with Gasteiger partial charge in [0.1, 0.15) is 5.83 Å².